The van der Waals surface area contributed by atoms with Crippen LogP contribution in [0.15, 0.2) is 18.2 Å². The molecule has 0 atom stereocenters. The van der Waals surface area contributed by atoms with Crippen molar-refractivity contribution in [2.75, 3.05) is 19.7 Å². The maximum atomic E-state index is 12.2. The number of ether oxygens (including phenoxy) is 1. The van der Waals surface area contributed by atoms with Gasteiger partial charge in [-0.25, -0.2) is 0 Å². The number of carbonyl (C=O) groups excluding carboxylic acids is 4. The lowest BCUT2D eigenvalue weighted by atomic mass is 10.0. The summed E-state index contributed by atoms with van der Waals surface area (Å²) in [5.74, 6) is -1.60. The Hall–Kier alpha value is -2.70. The number of fused-ring (bicyclic) bond motifs is 1. The van der Waals surface area contributed by atoms with Gasteiger partial charge in [-0.2, -0.15) is 0 Å². The maximum absolute atomic E-state index is 12.2. The second-order valence-corrected chi connectivity index (χ2v) is 6.15. The molecule has 0 spiro atoms. The van der Waals surface area contributed by atoms with Gasteiger partial charge in [-0.1, -0.05) is 12.1 Å². The highest BCUT2D eigenvalue weighted by molar-refractivity contribution is 5.98. The summed E-state index contributed by atoms with van der Waals surface area (Å²) in [4.78, 5) is 46.6. The summed E-state index contributed by atoms with van der Waals surface area (Å²) in [6, 6.07) is 5.68. The Bertz CT molecular complexity index is 699. The van der Waals surface area contributed by atoms with Crippen molar-refractivity contribution >= 4 is 23.6 Å². The fourth-order valence-corrected chi connectivity index (χ4v) is 2.81. The average molecular weight is 360 g/mol. The van der Waals surface area contributed by atoms with Crippen molar-refractivity contribution in [1.29, 1.82) is 0 Å². The number of benzene rings is 1. The third-order valence-electron chi connectivity index (χ3n) is 4.16. The van der Waals surface area contributed by atoms with Gasteiger partial charge in [0.1, 0.15) is 0 Å². The predicted octanol–water partition coefficient (Wildman–Crippen LogP) is 0.934. The maximum Gasteiger partial charge on any atom is 0.306 e. The van der Waals surface area contributed by atoms with E-state index >= 15 is 0 Å². The molecule has 1 aliphatic rings. The molecule has 0 bridgehead atoms. The van der Waals surface area contributed by atoms with Gasteiger partial charge in [0, 0.05) is 18.5 Å². The van der Waals surface area contributed by atoms with E-state index in [9.17, 15) is 19.2 Å². The SMILES string of the molecule is CCNC(=O)CNC(=O)COC(=O)CCC(=O)c1ccc2c(c1)CCC2. The molecule has 7 nitrogen and oxygen atoms in total. The lowest BCUT2D eigenvalue weighted by Gasteiger charge is -2.07. The van der Waals surface area contributed by atoms with Crippen molar-refractivity contribution in [2.45, 2.75) is 39.0 Å². The highest BCUT2D eigenvalue weighted by Crippen LogP contribution is 2.23. The first-order chi connectivity index (χ1) is 12.5. The number of aryl methyl sites for hydroxylation is 2. The summed E-state index contributed by atoms with van der Waals surface area (Å²) in [5, 5.41) is 4.87. The molecule has 26 heavy (non-hydrogen) atoms. The summed E-state index contributed by atoms with van der Waals surface area (Å²) < 4.78 is 4.82. The molecule has 2 amide bonds. The zero-order chi connectivity index (χ0) is 18.9. The van der Waals surface area contributed by atoms with Crippen LogP contribution in [0.25, 0.3) is 0 Å². The summed E-state index contributed by atoms with van der Waals surface area (Å²) >= 11 is 0. The molecule has 1 aromatic carbocycles. The topological polar surface area (TPSA) is 102 Å². The molecule has 0 fully saturated rings. The van der Waals surface area contributed by atoms with Crippen LogP contribution >= 0.6 is 0 Å². The minimum Gasteiger partial charge on any atom is -0.456 e. The van der Waals surface area contributed by atoms with E-state index in [2.05, 4.69) is 10.6 Å². The van der Waals surface area contributed by atoms with Crippen molar-refractivity contribution in [2.24, 2.45) is 0 Å². The molecule has 1 aromatic rings. The number of esters is 1. The lowest BCUT2D eigenvalue weighted by Crippen LogP contribution is -2.38. The molecule has 0 heterocycles. The first-order valence-electron chi connectivity index (χ1n) is 8.83. The summed E-state index contributed by atoms with van der Waals surface area (Å²) in [7, 11) is 0. The molecule has 2 N–H and O–H groups in total. The number of likely N-dealkylation sites (N-methyl/N-ethyl adjacent to an activating group) is 1. The molecule has 140 valence electrons. The van der Waals surface area contributed by atoms with Gasteiger partial charge in [0.05, 0.1) is 13.0 Å². The largest absolute Gasteiger partial charge is 0.456 e. The monoisotopic (exact) mass is 360 g/mol. The Morgan fingerprint density at radius 3 is 2.54 bits per heavy atom. The van der Waals surface area contributed by atoms with Crippen molar-refractivity contribution in [3.8, 4) is 0 Å². The van der Waals surface area contributed by atoms with Crippen LogP contribution in [-0.4, -0.2) is 43.3 Å². The molecule has 0 aliphatic heterocycles. The van der Waals surface area contributed by atoms with Crippen molar-refractivity contribution in [1.82, 2.24) is 10.6 Å². The van der Waals surface area contributed by atoms with E-state index in [1.165, 1.54) is 11.1 Å². The van der Waals surface area contributed by atoms with E-state index in [4.69, 9.17) is 4.74 Å². The van der Waals surface area contributed by atoms with Crippen LogP contribution in [0.3, 0.4) is 0 Å². The Labute approximate surface area is 152 Å². The molecule has 0 unspecified atom stereocenters. The second-order valence-electron chi connectivity index (χ2n) is 6.15. The highest BCUT2D eigenvalue weighted by atomic mass is 16.5. The van der Waals surface area contributed by atoms with E-state index in [1.54, 1.807) is 13.0 Å². The number of ketones is 1. The Kier molecular flexibility index (Phi) is 7.32. The van der Waals surface area contributed by atoms with Gasteiger partial charge in [-0.3, -0.25) is 19.2 Å². The van der Waals surface area contributed by atoms with E-state index < -0.39 is 18.5 Å². The van der Waals surface area contributed by atoms with Crippen molar-refractivity contribution in [3.63, 3.8) is 0 Å². The molecule has 1 aliphatic carbocycles. The summed E-state index contributed by atoms with van der Waals surface area (Å²) in [6.45, 7) is 1.61. The third kappa shape index (κ3) is 5.98. The fraction of sp³-hybridized carbons (Fsp3) is 0.474. The molecule has 7 heteroatoms. The quantitative estimate of drug-likeness (QED) is 0.504. The van der Waals surface area contributed by atoms with Crippen LogP contribution in [0.1, 0.15) is 47.7 Å². The van der Waals surface area contributed by atoms with Crippen LogP contribution in [0.4, 0.5) is 0 Å². The first-order valence-corrected chi connectivity index (χ1v) is 8.83. The minimum atomic E-state index is -0.618. The molecule has 2 rings (SSSR count). The van der Waals surface area contributed by atoms with Gasteiger partial charge in [-0.05, 0) is 43.4 Å². The van der Waals surface area contributed by atoms with Gasteiger partial charge in [-0.15, -0.1) is 0 Å². The number of nitrogens with one attached hydrogen (secondary N) is 2. The number of amides is 2. The van der Waals surface area contributed by atoms with E-state index in [-0.39, 0.29) is 31.1 Å². The average Bonchev–Trinajstić information content (AvgIpc) is 3.10. The van der Waals surface area contributed by atoms with E-state index in [1.807, 2.05) is 12.1 Å². The van der Waals surface area contributed by atoms with Gasteiger partial charge in [0.2, 0.25) is 5.91 Å². The van der Waals surface area contributed by atoms with Crippen LogP contribution in [-0.2, 0) is 32.0 Å². The smallest absolute Gasteiger partial charge is 0.306 e. The fourth-order valence-electron chi connectivity index (χ4n) is 2.81. The highest BCUT2D eigenvalue weighted by Gasteiger charge is 2.16. The number of Topliss-reactive ketones (excluding diaryl/α,β-unsaturated/α-hetero) is 1. The van der Waals surface area contributed by atoms with Crippen LogP contribution < -0.4 is 10.6 Å². The van der Waals surface area contributed by atoms with Crippen LogP contribution in [0.5, 0.6) is 0 Å². The van der Waals surface area contributed by atoms with Crippen LogP contribution in [0.2, 0.25) is 0 Å². The Morgan fingerprint density at radius 2 is 1.77 bits per heavy atom. The number of rotatable bonds is 9. The van der Waals surface area contributed by atoms with Crippen molar-refractivity contribution < 1.29 is 23.9 Å². The van der Waals surface area contributed by atoms with E-state index in [0.717, 1.165) is 19.3 Å². The molecule has 0 radical (unpaired) electrons. The second kappa shape index (κ2) is 9.70. The number of carbonyl (C=O) groups is 4. The standard InChI is InChI=1S/C19H24N2O5/c1-2-20-17(23)11-21-18(24)12-26-19(25)9-8-16(22)15-7-6-13-4-3-5-14(13)10-15/h6-7,10H,2-5,8-9,11-12H2,1H3,(H,20,23)(H,21,24). The Balaban J connectivity index is 1.67. The molecule has 0 saturated heterocycles. The van der Waals surface area contributed by atoms with Crippen molar-refractivity contribution in [3.05, 3.63) is 34.9 Å². The van der Waals surface area contributed by atoms with Gasteiger partial charge in [0.15, 0.2) is 12.4 Å². The zero-order valence-electron chi connectivity index (χ0n) is 14.9. The zero-order valence-corrected chi connectivity index (χ0v) is 14.9. The summed E-state index contributed by atoms with van der Waals surface area (Å²) in [5.41, 5.74) is 3.11. The number of hydrogen-bond acceptors (Lipinski definition) is 5. The molecular weight excluding hydrogens is 336 g/mol. The minimum absolute atomic E-state index is 0.0398. The normalized spacial score (nSPS) is 12.2. The lowest BCUT2D eigenvalue weighted by molar-refractivity contribution is -0.148. The van der Waals surface area contributed by atoms with Gasteiger partial charge < -0.3 is 15.4 Å². The molecule has 0 aromatic heterocycles. The molecule has 0 saturated carbocycles. The third-order valence-corrected chi connectivity index (χ3v) is 4.16. The van der Waals surface area contributed by atoms with Crippen LogP contribution in [0, 0.1) is 0 Å². The Morgan fingerprint density at radius 1 is 1.00 bits per heavy atom. The van der Waals surface area contributed by atoms with Gasteiger partial charge in [0.25, 0.3) is 5.91 Å². The number of hydrogen-bond donors (Lipinski definition) is 2. The first kappa shape index (κ1) is 19.6. The summed E-state index contributed by atoms with van der Waals surface area (Å²) in [6.07, 6.45) is 3.11. The predicted molar refractivity (Wildman–Crippen MR) is 94.7 cm³/mol. The van der Waals surface area contributed by atoms with Gasteiger partial charge >= 0.3 is 5.97 Å². The molecular formula is C19H24N2O5. The van der Waals surface area contributed by atoms with E-state index in [0.29, 0.717) is 12.1 Å².